The fraction of sp³-hybridized carbons (Fsp3) is 0.867. The molecule has 11 nitrogen and oxygen atoms in total. The smallest absolute Gasteiger partial charge is 0.302 e. The van der Waals surface area contributed by atoms with Crippen LogP contribution in [0.25, 0.3) is 0 Å². The third kappa shape index (κ3) is 19.5. The van der Waals surface area contributed by atoms with Crippen molar-refractivity contribution in [1.82, 2.24) is 9.80 Å². The first-order valence-electron chi connectivity index (χ1n) is 15.2. The van der Waals surface area contributed by atoms with Gasteiger partial charge in [0.2, 0.25) is 0 Å². The van der Waals surface area contributed by atoms with Crippen LogP contribution in [0, 0.1) is 11.8 Å². The lowest BCUT2D eigenvalue weighted by Gasteiger charge is -2.38. The zero-order chi connectivity index (χ0) is 30.5. The van der Waals surface area contributed by atoms with E-state index >= 15 is 0 Å². The maximum Gasteiger partial charge on any atom is 0.302 e. The summed E-state index contributed by atoms with van der Waals surface area (Å²) >= 11 is 0. The fourth-order valence-electron chi connectivity index (χ4n) is 4.87. The number of carbonyl (C=O) groups excluding carboxylic acids is 4. The van der Waals surface area contributed by atoms with Gasteiger partial charge in [-0.05, 0) is 51.6 Å². The summed E-state index contributed by atoms with van der Waals surface area (Å²) in [5.74, 6) is -1.42. The molecule has 0 saturated heterocycles. The van der Waals surface area contributed by atoms with E-state index in [1.165, 1.54) is 47.0 Å². The Morgan fingerprint density at radius 3 is 1.37 bits per heavy atom. The van der Waals surface area contributed by atoms with Gasteiger partial charge in [-0.1, -0.05) is 19.3 Å². The van der Waals surface area contributed by atoms with Crippen LogP contribution in [0.2, 0.25) is 0 Å². The summed E-state index contributed by atoms with van der Waals surface area (Å²) < 4.78 is 20.7. The van der Waals surface area contributed by atoms with E-state index in [0.29, 0.717) is 12.6 Å². The Labute approximate surface area is 246 Å². The number of rotatable bonds is 24. The molecule has 0 unspecified atom stereocenters. The van der Waals surface area contributed by atoms with Gasteiger partial charge in [0.05, 0.1) is 33.0 Å². The van der Waals surface area contributed by atoms with Gasteiger partial charge in [-0.3, -0.25) is 24.1 Å². The van der Waals surface area contributed by atoms with E-state index in [4.69, 9.17) is 18.9 Å². The Bertz CT molecular complexity index is 676. The lowest BCUT2D eigenvalue weighted by Crippen LogP contribution is -2.45. The standard InChI is InChI=1S/C30H54N2O9/c1-24(34)38-20-28(21-39-25(2)35)10-5-7-14-31(16-17-32(18-19-33)30-12-9-13-30)15-8-6-11-29(22-40-26(3)36)23-41-27(4)37/h28-30,33H,5-23H2,1-4H3. The van der Waals surface area contributed by atoms with E-state index < -0.39 is 0 Å². The number of aliphatic hydroxyl groups excluding tert-OH is 1. The van der Waals surface area contributed by atoms with Gasteiger partial charge in [-0.25, -0.2) is 0 Å². The molecule has 1 saturated carbocycles. The fourth-order valence-corrected chi connectivity index (χ4v) is 4.87. The minimum Gasteiger partial charge on any atom is -0.465 e. The van der Waals surface area contributed by atoms with Crippen LogP contribution in [0.4, 0.5) is 0 Å². The molecule has 11 heteroatoms. The molecular weight excluding hydrogens is 532 g/mol. The highest BCUT2D eigenvalue weighted by Crippen LogP contribution is 2.24. The van der Waals surface area contributed by atoms with Crippen LogP contribution in [-0.2, 0) is 38.1 Å². The highest BCUT2D eigenvalue weighted by Gasteiger charge is 2.24. The average molecular weight is 587 g/mol. The molecule has 0 aromatic heterocycles. The summed E-state index contributed by atoms with van der Waals surface area (Å²) in [6, 6.07) is 0.565. The van der Waals surface area contributed by atoms with Gasteiger partial charge in [0.1, 0.15) is 0 Å². The molecule has 1 aliphatic carbocycles. The predicted molar refractivity (Wildman–Crippen MR) is 154 cm³/mol. The number of carbonyl (C=O) groups is 4. The minimum atomic E-state index is -0.342. The number of nitrogens with zero attached hydrogens (tertiary/aromatic N) is 2. The molecule has 0 radical (unpaired) electrons. The summed E-state index contributed by atoms with van der Waals surface area (Å²) in [6.45, 7) is 11.0. The third-order valence-electron chi connectivity index (χ3n) is 7.44. The van der Waals surface area contributed by atoms with Crippen molar-refractivity contribution in [3.8, 4) is 0 Å². The first kappa shape index (κ1) is 36.8. The monoisotopic (exact) mass is 586 g/mol. The number of esters is 4. The zero-order valence-electron chi connectivity index (χ0n) is 25.8. The SMILES string of the molecule is CC(=O)OCC(CCCCN(CCCCC(COC(C)=O)COC(C)=O)CCN(CCO)C1CCC1)COC(C)=O. The minimum absolute atomic E-state index is 0.0266. The van der Waals surface area contributed by atoms with Crippen molar-refractivity contribution >= 4 is 23.9 Å². The van der Waals surface area contributed by atoms with E-state index in [-0.39, 0.29) is 68.7 Å². The average Bonchev–Trinajstić information content (AvgIpc) is 2.87. The van der Waals surface area contributed by atoms with Crippen LogP contribution in [0.3, 0.4) is 0 Å². The second-order valence-corrected chi connectivity index (χ2v) is 11.1. The van der Waals surface area contributed by atoms with Crippen LogP contribution < -0.4 is 0 Å². The van der Waals surface area contributed by atoms with Gasteiger partial charge in [-0.15, -0.1) is 0 Å². The lowest BCUT2D eigenvalue weighted by molar-refractivity contribution is -0.148. The molecule has 0 bridgehead atoms. The first-order chi connectivity index (χ1) is 19.6. The van der Waals surface area contributed by atoms with Gasteiger partial charge in [0, 0.05) is 65.2 Å². The van der Waals surface area contributed by atoms with Crippen molar-refractivity contribution in [3.05, 3.63) is 0 Å². The number of hydrogen-bond acceptors (Lipinski definition) is 11. The molecule has 1 fully saturated rings. The number of aliphatic hydroxyl groups is 1. The van der Waals surface area contributed by atoms with Crippen molar-refractivity contribution in [1.29, 1.82) is 0 Å². The second-order valence-electron chi connectivity index (χ2n) is 11.1. The summed E-state index contributed by atoms with van der Waals surface area (Å²) in [6.07, 6.45) is 8.97. The molecule has 0 aromatic carbocycles. The van der Waals surface area contributed by atoms with E-state index in [1.807, 2.05) is 0 Å². The van der Waals surface area contributed by atoms with Crippen LogP contribution in [0.15, 0.2) is 0 Å². The third-order valence-corrected chi connectivity index (χ3v) is 7.44. The maximum absolute atomic E-state index is 11.3. The number of hydrogen-bond donors (Lipinski definition) is 1. The molecular formula is C30H54N2O9. The van der Waals surface area contributed by atoms with Gasteiger partial charge in [0.15, 0.2) is 0 Å². The maximum atomic E-state index is 11.3. The van der Waals surface area contributed by atoms with E-state index in [2.05, 4.69) is 9.80 Å². The topological polar surface area (TPSA) is 132 Å². The molecule has 41 heavy (non-hydrogen) atoms. The summed E-state index contributed by atoms with van der Waals surface area (Å²) in [5, 5.41) is 9.55. The molecule has 0 heterocycles. The second kappa shape index (κ2) is 22.4. The van der Waals surface area contributed by atoms with Gasteiger partial charge in [0.25, 0.3) is 0 Å². The Kier molecular flexibility index (Phi) is 20.1. The van der Waals surface area contributed by atoms with Crippen LogP contribution in [0.5, 0.6) is 0 Å². The Morgan fingerprint density at radius 1 is 0.634 bits per heavy atom. The number of unbranched alkanes of at least 4 members (excludes halogenated alkanes) is 2. The highest BCUT2D eigenvalue weighted by atomic mass is 16.6. The molecule has 0 amide bonds. The number of ether oxygens (including phenoxy) is 4. The first-order valence-corrected chi connectivity index (χ1v) is 15.2. The van der Waals surface area contributed by atoms with E-state index in [0.717, 1.165) is 64.7 Å². The largest absolute Gasteiger partial charge is 0.465 e. The van der Waals surface area contributed by atoms with Crippen molar-refractivity contribution < 1.29 is 43.2 Å². The Morgan fingerprint density at radius 2 is 1.05 bits per heavy atom. The predicted octanol–water partition coefficient (Wildman–Crippen LogP) is 2.96. The molecule has 0 aromatic rings. The quantitative estimate of drug-likeness (QED) is 0.102. The molecule has 0 spiro atoms. The van der Waals surface area contributed by atoms with Crippen LogP contribution >= 0.6 is 0 Å². The van der Waals surface area contributed by atoms with E-state index in [1.54, 1.807) is 0 Å². The molecule has 1 rings (SSSR count). The summed E-state index contributed by atoms with van der Waals surface area (Å²) in [7, 11) is 0. The van der Waals surface area contributed by atoms with Crippen molar-refractivity contribution in [2.24, 2.45) is 11.8 Å². The molecule has 0 aliphatic heterocycles. The van der Waals surface area contributed by atoms with Crippen LogP contribution in [0.1, 0.15) is 85.5 Å². The molecule has 0 atom stereocenters. The van der Waals surface area contributed by atoms with Crippen molar-refractivity contribution in [3.63, 3.8) is 0 Å². The van der Waals surface area contributed by atoms with Gasteiger partial charge in [-0.2, -0.15) is 0 Å². The van der Waals surface area contributed by atoms with Crippen molar-refractivity contribution in [2.75, 3.05) is 65.8 Å². The zero-order valence-corrected chi connectivity index (χ0v) is 25.8. The normalized spacial score (nSPS) is 13.5. The highest BCUT2D eigenvalue weighted by molar-refractivity contribution is 5.67. The Hall–Kier alpha value is -2.24. The molecule has 238 valence electrons. The summed E-state index contributed by atoms with van der Waals surface area (Å²) in [5.41, 5.74) is 0. The molecule has 1 N–H and O–H groups in total. The van der Waals surface area contributed by atoms with Crippen LogP contribution in [-0.4, -0.2) is 111 Å². The summed E-state index contributed by atoms with van der Waals surface area (Å²) in [4.78, 5) is 49.9. The van der Waals surface area contributed by atoms with Gasteiger partial charge < -0.3 is 29.0 Å². The molecule has 1 aliphatic rings. The van der Waals surface area contributed by atoms with E-state index in [9.17, 15) is 24.3 Å². The van der Waals surface area contributed by atoms with Gasteiger partial charge >= 0.3 is 23.9 Å². The Balaban J connectivity index is 2.62. The van der Waals surface area contributed by atoms with Crippen molar-refractivity contribution in [2.45, 2.75) is 91.5 Å². The lowest BCUT2D eigenvalue weighted by atomic mass is 9.91.